The Kier molecular flexibility index (Phi) is 6.33. The highest BCUT2D eigenvalue weighted by molar-refractivity contribution is 8.01. The van der Waals surface area contributed by atoms with Crippen molar-refractivity contribution < 1.29 is 28.5 Å². The van der Waals surface area contributed by atoms with Gasteiger partial charge in [0.1, 0.15) is 0 Å². The van der Waals surface area contributed by atoms with Crippen LogP contribution in [0.25, 0.3) is 0 Å². The van der Waals surface area contributed by atoms with Crippen molar-refractivity contribution in [1.29, 1.82) is 0 Å². The molecular formula is C16H21NO6S. The third kappa shape index (κ3) is 3.76. The van der Waals surface area contributed by atoms with Crippen LogP contribution in [0.5, 0.6) is 11.5 Å². The number of amides is 1. The number of Topliss-reactive ketones (excluding diaryl/α,β-unsaturated/α-hetero) is 1. The Balaban J connectivity index is 2.08. The van der Waals surface area contributed by atoms with E-state index in [1.54, 1.807) is 25.1 Å². The number of ether oxygens (including phenoxy) is 4. The monoisotopic (exact) mass is 355 g/mol. The number of thioether (sulfide) groups is 1. The van der Waals surface area contributed by atoms with Crippen molar-refractivity contribution in [3.8, 4) is 11.5 Å². The molecule has 0 bridgehead atoms. The Morgan fingerprint density at radius 1 is 1.29 bits per heavy atom. The number of hydrogen-bond donors (Lipinski definition) is 0. The second-order valence-electron chi connectivity index (χ2n) is 4.89. The molecule has 1 aliphatic heterocycles. The van der Waals surface area contributed by atoms with Crippen molar-refractivity contribution in [2.75, 3.05) is 32.8 Å². The van der Waals surface area contributed by atoms with Crippen molar-refractivity contribution in [2.24, 2.45) is 0 Å². The minimum absolute atomic E-state index is 0.205. The normalized spacial score (nSPS) is 19.9. The van der Waals surface area contributed by atoms with Crippen LogP contribution < -0.4 is 9.47 Å². The molecular weight excluding hydrogens is 334 g/mol. The quantitative estimate of drug-likeness (QED) is 0.696. The Hall–Kier alpha value is -1.93. The number of carbonyl (C=O) groups excluding carboxylic acids is 2. The van der Waals surface area contributed by atoms with E-state index in [0.29, 0.717) is 23.8 Å². The van der Waals surface area contributed by atoms with Crippen LogP contribution in [0.15, 0.2) is 24.3 Å². The molecule has 0 radical (unpaired) electrons. The van der Waals surface area contributed by atoms with Gasteiger partial charge in [-0.05, 0) is 19.1 Å². The molecule has 1 aliphatic rings. The van der Waals surface area contributed by atoms with Gasteiger partial charge in [0, 0.05) is 19.2 Å². The fourth-order valence-corrected chi connectivity index (χ4v) is 3.54. The molecule has 8 heteroatoms. The van der Waals surface area contributed by atoms with E-state index in [1.807, 2.05) is 6.07 Å². The highest BCUT2D eigenvalue weighted by Crippen LogP contribution is 2.38. The van der Waals surface area contributed by atoms with Gasteiger partial charge in [-0.15, -0.1) is 0 Å². The van der Waals surface area contributed by atoms with Crippen LogP contribution in [-0.2, 0) is 14.3 Å². The summed E-state index contributed by atoms with van der Waals surface area (Å²) in [5, 5.41) is -1.42. The summed E-state index contributed by atoms with van der Waals surface area (Å²) in [6, 6.07) is 7.10. The third-order valence-corrected chi connectivity index (χ3v) is 4.84. The van der Waals surface area contributed by atoms with Gasteiger partial charge in [0.05, 0.1) is 13.7 Å². The van der Waals surface area contributed by atoms with Crippen molar-refractivity contribution in [3.05, 3.63) is 24.3 Å². The Labute approximate surface area is 145 Å². The number of ketones is 1. The van der Waals surface area contributed by atoms with E-state index in [-0.39, 0.29) is 19.2 Å². The molecule has 0 unspecified atom stereocenters. The highest BCUT2D eigenvalue weighted by atomic mass is 32.2. The molecule has 1 atom stereocenters. The number of rotatable bonds is 7. The minimum atomic E-state index is -1.42. The van der Waals surface area contributed by atoms with E-state index >= 15 is 0 Å². The molecule has 132 valence electrons. The van der Waals surface area contributed by atoms with Crippen LogP contribution in [0.2, 0.25) is 0 Å². The van der Waals surface area contributed by atoms with Crippen LogP contribution in [0, 0.1) is 0 Å². The van der Waals surface area contributed by atoms with E-state index in [1.165, 1.54) is 30.7 Å². The zero-order valence-corrected chi connectivity index (χ0v) is 14.8. The molecule has 1 amide bonds. The average Bonchev–Trinajstić information content (AvgIpc) is 3.01. The summed E-state index contributed by atoms with van der Waals surface area (Å²) >= 11 is 1.25. The van der Waals surface area contributed by atoms with E-state index in [2.05, 4.69) is 0 Å². The van der Waals surface area contributed by atoms with E-state index in [4.69, 9.17) is 18.9 Å². The van der Waals surface area contributed by atoms with E-state index in [9.17, 15) is 9.59 Å². The van der Waals surface area contributed by atoms with Crippen LogP contribution in [-0.4, -0.2) is 54.6 Å². The van der Waals surface area contributed by atoms with Crippen molar-refractivity contribution in [1.82, 2.24) is 4.90 Å². The fraction of sp³-hybridized carbons (Fsp3) is 0.500. The third-order valence-electron chi connectivity index (χ3n) is 3.44. The molecule has 0 N–H and O–H groups in total. The first kappa shape index (κ1) is 18.4. The summed E-state index contributed by atoms with van der Waals surface area (Å²) in [4.78, 5) is 25.6. The molecule has 0 aromatic heterocycles. The summed E-state index contributed by atoms with van der Waals surface area (Å²) in [6.07, 6.45) is -0.574. The van der Waals surface area contributed by atoms with Crippen LogP contribution in [0.3, 0.4) is 0 Å². The zero-order valence-electron chi connectivity index (χ0n) is 13.9. The first-order valence-corrected chi connectivity index (χ1v) is 8.53. The van der Waals surface area contributed by atoms with Gasteiger partial charge in [0.2, 0.25) is 0 Å². The lowest BCUT2D eigenvalue weighted by molar-refractivity contribution is -0.156. The molecule has 0 spiro atoms. The largest absolute Gasteiger partial charge is 0.493 e. The number of para-hydroxylation sites is 2. The van der Waals surface area contributed by atoms with Gasteiger partial charge in [-0.2, -0.15) is 0 Å². The lowest BCUT2D eigenvalue weighted by Crippen LogP contribution is -2.53. The van der Waals surface area contributed by atoms with Crippen LogP contribution >= 0.6 is 11.8 Å². The lowest BCUT2D eigenvalue weighted by Gasteiger charge is -2.33. The summed E-state index contributed by atoms with van der Waals surface area (Å²) in [7, 11) is 1.54. The molecule has 0 aliphatic carbocycles. The van der Waals surface area contributed by atoms with Gasteiger partial charge in [-0.3, -0.25) is 9.69 Å². The highest BCUT2D eigenvalue weighted by Gasteiger charge is 2.51. The van der Waals surface area contributed by atoms with Crippen LogP contribution in [0.4, 0.5) is 4.79 Å². The number of carbonyl (C=O) groups is 2. The first-order chi connectivity index (χ1) is 11.5. The second-order valence-corrected chi connectivity index (χ2v) is 6.14. The number of methoxy groups -OCH3 is 1. The second kappa shape index (κ2) is 8.25. The summed E-state index contributed by atoms with van der Waals surface area (Å²) in [5.41, 5.74) is 0. The van der Waals surface area contributed by atoms with Gasteiger partial charge < -0.3 is 18.9 Å². The molecule has 2 rings (SSSR count). The maximum Gasteiger partial charge on any atom is 0.413 e. The molecule has 1 aromatic rings. The van der Waals surface area contributed by atoms with E-state index < -0.39 is 11.2 Å². The standard InChI is InChI=1S/C16H21NO6S/c1-4-21-15(19)17-9-10-24-16(17,12(2)18)23-11-22-14-8-6-5-7-13(14)20-3/h5-8H,4,9-11H2,1-3H3/t16-/m1/s1. The summed E-state index contributed by atoms with van der Waals surface area (Å²) < 4.78 is 21.5. The summed E-state index contributed by atoms with van der Waals surface area (Å²) in [5.74, 6) is 1.33. The van der Waals surface area contributed by atoms with Crippen molar-refractivity contribution in [3.63, 3.8) is 0 Å². The minimum Gasteiger partial charge on any atom is -0.493 e. The smallest absolute Gasteiger partial charge is 0.413 e. The Morgan fingerprint density at radius 3 is 2.62 bits per heavy atom. The molecule has 1 fully saturated rings. The van der Waals surface area contributed by atoms with Crippen molar-refractivity contribution >= 4 is 23.6 Å². The topological polar surface area (TPSA) is 74.3 Å². The maximum absolute atomic E-state index is 12.2. The van der Waals surface area contributed by atoms with Gasteiger partial charge >= 0.3 is 6.09 Å². The Morgan fingerprint density at radius 2 is 2.00 bits per heavy atom. The molecule has 1 heterocycles. The molecule has 0 saturated carbocycles. The first-order valence-electron chi connectivity index (χ1n) is 7.54. The fourth-order valence-electron chi connectivity index (χ4n) is 2.34. The summed E-state index contributed by atoms with van der Waals surface area (Å²) in [6.45, 7) is 3.49. The van der Waals surface area contributed by atoms with Gasteiger partial charge in [0.15, 0.2) is 24.1 Å². The Bertz CT molecular complexity index is 596. The van der Waals surface area contributed by atoms with Gasteiger partial charge in [-0.1, -0.05) is 23.9 Å². The van der Waals surface area contributed by atoms with Crippen LogP contribution in [0.1, 0.15) is 13.8 Å². The lowest BCUT2D eigenvalue weighted by atomic mass is 10.3. The number of nitrogens with zero attached hydrogens (tertiary/aromatic N) is 1. The average molecular weight is 355 g/mol. The SMILES string of the molecule is CCOC(=O)N1CCS[C@]1(OCOc1ccccc1OC)C(C)=O. The predicted octanol–water partition coefficient (Wildman–Crippen LogP) is 2.50. The molecule has 7 nitrogen and oxygen atoms in total. The maximum atomic E-state index is 12.2. The molecule has 1 saturated heterocycles. The van der Waals surface area contributed by atoms with E-state index in [0.717, 1.165) is 0 Å². The zero-order chi connectivity index (χ0) is 17.6. The van der Waals surface area contributed by atoms with Gasteiger partial charge in [0.25, 0.3) is 5.06 Å². The number of hydrogen-bond acceptors (Lipinski definition) is 7. The number of benzene rings is 1. The van der Waals surface area contributed by atoms with Gasteiger partial charge in [-0.25, -0.2) is 4.79 Å². The predicted molar refractivity (Wildman–Crippen MR) is 89.2 cm³/mol. The van der Waals surface area contributed by atoms with Crippen molar-refractivity contribution in [2.45, 2.75) is 18.9 Å². The molecule has 24 heavy (non-hydrogen) atoms. The molecule has 1 aromatic carbocycles.